The third-order valence-electron chi connectivity index (χ3n) is 1.37. The molecule has 0 aliphatic carbocycles. The minimum Gasteiger partial charge on any atom is -0.0970 e. The van der Waals surface area contributed by atoms with Gasteiger partial charge in [-0.15, -0.1) is 0 Å². The summed E-state index contributed by atoms with van der Waals surface area (Å²) in [5, 5.41) is 1.61. The van der Waals surface area contributed by atoms with Crippen LogP contribution in [0.5, 0.6) is 0 Å². The van der Waals surface area contributed by atoms with Crippen molar-refractivity contribution in [1.82, 2.24) is 0 Å². The lowest BCUT2D eigenvalue weighted by Crippen LogP contribution is -1.76. The van der Waals surface area contributed by atoms with Crippen molar-refractivity contribution in [1.29, 1.82) is 0 Å². The van der Waals surface area contributed by atoms with E-state index in [0.717, 1.165) is 21.8 Å². The Kier molecular flexibility index (Phi) is 4.87. The number of halogens is 3. The highest BCUT2D eigenvalue weighted by Crippen LogP contribution is 2.22. The van der Waals surface area contributed by atoms with Gasteiger partial charge in [0.2, 0.25) is 0 Å². The molecule has 13 heavy (non-hydrogen) atoms. The first-order valence-corrected chi connectivity index (χ1v) is 6.03. The monoisotopic (exact) mass is 320 g/mol. The van der Waals surface area contributed by atoms with Crippen LogP contribution in [0.15, 0.2) is 22.7 Å². The maximum absolute atomic E-state index is 5.90. The largest absolute Gasteiger partial charge is 0.0970 e. The normalized spacial score (nSPS) is 9.15. The summed E-state index contributed by atoms with van der Waals surface area (Å²) >= 11 is 12.5. The minimum absolute atomic E-state index is 0.700. The molecule has 0 saturated carbocycles. The SMILES string of the molecule is Clc1cc(C#CCCBr)ccc1Br. The summed E-state index contributed by atoms with van der Waals surface area (Å²) in [6.45, 7) is 0. The quantitative estimate of drug-likeness (QED) is 0.536. The van der Waals surface area contributed by atoms with Crippen LogP contribution in [0.1, 0.15) is 12.0 Å². The van der Waals surface area contributed by atoms with E-state index in [2.05, 4.69) is 43.7 Å². The van der Waals surface area contributed by atoms with Gasteiger partial charge in [0.05, 0.1) is 5.02 Å². The highest BCUT2D eigenvalue weighted by atomic mass is 79.9. The van der Waals surface area contributed by atoms with Crippen molar-refractivity contribution in [3.63, 3.8) is 0 Å². The van der Waals surface area contributed by atoms with Crippen LogP contribution in [0.4, 0.5) is 0 Å². The molecule has 1 aromatic rings. The van der Waals surface area contributed by atoms with Gasteiger partial charge in [-0.2, -0.15) is 0 Å². The number of benzene rings is 1. The average Bonchev–Trinajstić information content (AvgIpc) is 2.12. The van der Waals surface area contributed by atoms with E-state index in [1.54, 1.807) is 0 Å². The fourth-order valence-corrected chi connectivity index (χ4v) is 1.41. The van der Waals surface area contributed by atoms with Crippen molar-refractivity contribution in [2.24, 2.45) is 0 Å². The van der Waals surface area contributed by atoms with Gasteiger partial charge >= 0.3 is 0 Å². The Balaban J connectivity index is 2.81. The Labute approximate surface area is 99.9 Å². The van der Waals surface area contributed by atoms with E-state index in [9.17, 15) is 0 Å². The molecule has 0 aliphatic heterocycles. The van der Waals surface area contributed by atoms with Crippen molar-refractivity contribution in [2.45, 2.75) is 6.42 Å². The molecular formula is C10H7Br2Cl. The zero-order chi connectivity index (χ0) is 9.68. The second kappa shape index (κ2) is 5.70. The zero-order valence-electron chi connectivity index (χ0n) is 6.78. The van der Waals surface area contributed by atoms with Gasteiger partial charge in [-0.05, 0) is 34.1 Å². The van der Waals surface area contributed by atoms with Gasteiger partial charge in [-0.25, -0.2) is 0 Å². The third kappa shape index (κ3) is 3.72. The predicted octanol–water partition coefficient (Wildman–Crippen LogP) is 4.24. The van der Waals surface area contributed by atoms with Gasteiger partial charge in [0.25, 0.3) is 0 Å². The molecular weight excluding hydrogens is 315 g/mol. The van der Waals surface area contributed by atoms with Crippen molar-refractivity contribution in [3.8, 4) is 11.8 Å². The van der Waals surface area contributed by atoms with Crippen molar-refractivity contribution < 1.29 is 0 Å². The summed E-state index contributed by atoms with van der Waals surface area (Å²) in [7, 11) is 0. The average molecular weight is 322 g/mol. The molecule has 0 amide bonds. The molecule has 0 saturated heterocycles. The van der Waals surface area contributed by atoms with Crippen molar-refractivity contribution in [2.75, 3.05) is 5.33 Å². The van der Waals surface area contributed by atoms with Crippen LogP contribution in [0.3, 0.4) is 0 Å². The molecule has 0 heterocycles. The van der Waals surface area contributed by atoms with Crippen molar-refractivity contribution >= 4 is 43.5 Å². The molecule has 0 fully saturated rings. The van der Waals surface area contributed by atoms with Gasteiger partial charge in [0.15, 0.2) is 0 Å². The van der Waals surface area contributed by atoms with Crippen LogP contribution in [-0.4, -0.2) is 5.33 Å². The van der Waals surface area contributed by atoms with E-state index < -0.39 is 0 Å². The third-order valence-corrected chi connectivity index (χ3v) is 3.00. The van der Waals surface area contributed by atoms with Crippen LogP contribution in [0, 0.1) is 11.8 Å². The number of alkyl halides is 1. The Morgan fingerprint density at radius 2 is 2.15 bits per heavy atom. The first kappa shape index (κ1) is 11.1. The molecule has 1 aromatic carbocycles. The molecule has 0 spiro atoms. The first-order valence-electron chi connectivity index (χ1n) is 3.74. The Bertz CT molecular complexity index is 350. The standard InChI is InChI=1S/C10H7Br2Cl/c11-6-2-1-3-8-4-5-9(12)10(13)7-8/h4-5,7H,2,6H2. The number of hydrogen-bond acceptors (Lipinski definition) is 0. The molecule has 0 unspecified atom stereocenters. The van der Waals surface area contributed by atoms with Crippen LogP contribution < -0.4 is 0 Å². The maximum Gasteiger partial charge on any atom is 0.0560 e. The summed E-state index contributed by atoms with van der Waals surface area (Å²) in [5.41, 5.74) is 0.953. The number of rotatable bonds is 1. The summed E-state index contributed by atoms with van der Waals surface area (Å²) < 4.78 is 0.903. The molecule has 0 radical (unpaired) electrons. The summed E-state index contributed by atoms with van der Waals surface area (Å²) in [5.74, 6) is 6.06. The smallest absolute Gasteiger partial charge is 0.0560 e. The van der Waals surface area contributed by atoms with E-state index in [1.807, 2.05) is 18.2 Å². The second-order valence-electron chi connectivity index (χ2n) is 2.37. The van der Waals surface area contributed by atoms with E-state index in [1.165, 1.54) is 0 Å². The van der Waals surface area contributed by atoms with Gasteiger partial charge in [-0.1, -0.05) is 39.4 Å². The Morgan fingerprint density at radius 1 is 1.38 bits per heavy atom. The topological polar surface area (TPSA) is 0 Å². The van der Waals surface area contributed by atoms with E-state index in [0.29, 0.717) is 5.02 Å². The molecule has 0 nitrogen and oxygen atoms in total. The van der Waals surface area contributed by atoms with E-state index in [4.69, 9.17) is 11.6 Å². The van der Waals surface area contributed by atoms with Crippen LogP contribution in [0.2, 0.25) is 5.02 Å². The molecule has 0 atom stereocenters. The Hall–Kier alpha value is 0.0300. The van der Waals surface area contributed by atoms with Crippen LogP contribution in [0.25, 0.3) is 0 Å². The highest BCUT2D eigenvalue weighted by Gasteiger charge is 1.95. The molecule has 0 bridgehead atoms. The fourth-order valence-electron chi connectivity index (χ4n) is 0.786. The lowest BCUT2D eigenvalue weighted by molar-refractivity contribution is 1.32. The summed E-state index contributed by atoms with van der Waals surface area (Å²) in [6, 6.07) is 5.70. The van der Waals surface area contributed by atoms with Gasteiger partial charge in [0.1, 0.15) is 0 Å². The summed E-state index contributed by atoms with van der Waals surface area (Å²) in [6.07, 6.45) is 0.855. The van der Waals surface area contributed by atoms with Gasteiger partial charge in [0, 0.05) is 21.8 Å². The lowest BCUT2D eigenvalue weighted by Gasteiger charge is -1.94. The van der Waals surface area contributed by atoms with Crippen molar-refractivity contribution in [3.05, 3.63) is 33.3 Å². The van der Waals surface area contributed by atoms with Gasteiger partial charge < -0.3 is 0 Å². The number of hydrogen-bond donors (Lipinski definition) is 0. The molecule has 0 aromatic heterocycles. The fraction of sp³-hybridized carbons (Fsp3) is 0.200. The molecule has 0 aliphatic rings. The first-order chi connectivity index (χ1) is 6.24. The molecule has 0 N–H and O–H groups in total. The van der Waals surface area contributed by atoms with Crippen LogP contribution >= 0.6 is 43.5 Å². The maximum atomic E-state index is 5.90. The molecule has 68 valence electrons. The zero-order valence-corrected chi connectivity index (χ0v) is 10.7. The predicted molar refractivity (Wildman–Crippen MR) is 64.4 cm³/mol. The van der Waals surface area contributed by atoms with Gasteiger partial charge in [-0.3, -0.25) is 0 Å². The van der Waals surface area contributed by atoms with E-state index in [-0.39, 0.29) is 0 Å². The van der Waals surface area contributed by atoms with E-state index >= 15 is 0 Å². The molecule has 1 rings (SSSR count). The second-order valence-corrected chi connectivity index (χ2v) is 4.42. The summed E-state index contributed by atoms with van der Waals surface area (Å²) in [4.78, 5) is 0. The minimum atomic E-state index is 0.700. The lowest BCUT2D eigenvalue weighted by atomic mass is 10.2. The molecule has 3 heteroatoms. The Morgan fingerprint density at radius 3 is 2.77 bits per heavy atom. The highest BCUT2D eigenvalue weighted by molar-refractivity contribution is 9.10. The van der Waals surface area contributed by atoms with Crippen LogP contribution in [-0.2, 0) is 0 Å².